The maximum atomic E-state index is 6.33. The summed E-state index contributed by atoms with van der Waals surface area (Å²) in [7, 11) is 0. The number of hydrogen-bond acceptors (Lipinski definition) is 1. The lowest BCUT2D eigenvalue weighted by Crippen LogP contribution is -2.55. The summed E-state index contributed by atoms with van der Waals surface area (Å²) in [4.78, 5) is 0. The Kier molecular flexibility index (Phi) is 2.78. The van der Waals surface area contributed by atoms with Gasteiger partial charge in [-0.25, -0.2) is 0 Å². The van der Waals surface area contributed by atoms with Gasteiger partial charge < -0.3 is 5.73 Å². The van der Waals surface area contributed by atoms with Gasteiger partial charge in [0.2, 0.25) is 0 Å². The second-order valence-electron chi connectivity index (χ2n) is 4.93. The minimum absolute atomic E-state index is 0.0280. The molecule has 0 radical (unpaired) electrons. The Morgan fingerprint density at radius 1 is 1.53 bits per heavy atom. The summed E-state index contributed by atoms with van der Waals surface area (Å²) in [6.45, 7) is 4.28. The fourth-order valence-electron chi connectivity index (χ4n) is 2.26. The molecule has 2 atom stereocenters. The van der Waals surface area contributed by atoms with Crippen molar-refractivity contribution in [2.45, 2.75) is 38.6 Å². The van der Waals surface area contributed by atoms with E-state index in [1.54, 1.807) is 0 Å². The average molecular weight is 224 g/mol. The Labute approximate surface area is 96.6 Å². The van der Waals surface area contributed by atoms with Gasteiger partial charge in [-0.3, -0.25) is 0 Å². The van der Waals surface area contributed by atoms with Crippen LogP contribution in [-0.4, -0.2) is 5.54 Å². The summed E-state index contributed by atoms with van der Waals surface area (Å²) < 4.78 is 0. The number of hydrogen-bond donors (Lipinski definition) is 1. The summed E-state index contributed by atoms with van der Waals surface area (Å²) in [6, 6.07) is 6.22. The van der Waals surface area contributed by atoms with Crippen molar-refractivity contribution < 1.29 is 0 Å². The zero-order chi connectivity index (χ0) is 11.1. The predicted molar refractivity (Wildman–Crippen MR) is 65.2 cm³/mol. The highest BCUT2D eigenvalue weighted by molar-refractivity contribution is 6.31. The van der Waals surface area contributed by atoms with Gasteiger partial charge in [-0.15, -0.1) is 0 Å². The number of halogens is 1. The van der Waals surface area contributed by atoms with Crippen molar-refractivity contribution in [1.82, 2.24) is 0 Å². The Balaban J connectivity index is 2.14. The van der Waals surface area contributed by atoms with Crippen molar-refractivity contribution in [3.05, 3.63) is 34.3 Å². The molecule has 1 saturated carbocycles. The second kappa shape index (κ2) is 3.80. The molecule has 2 rings (SSSR count). The summed E-state index contributed by atoms with van der Waals surface area (Å²) in [5.41, 5.74) is 8.82. The van der Waals surface area contributed by atoms with Gasteiger partial charge in [-0.2, -0.15) is 0 Å². The lowest BCUT2D eigenvalue weighted by atomic mass is 9.65. The predicted octanol–water partition coefficient (Wildman–Crippen LogP) is 3.32. The fourth-order valence-corrected chi connectivity index (χ4v) is 2.38. The number of nitrogens with two attached hydrogens (primary N) is 1. The van der Waals surface area contributed by atoms with E-state index in [-0.39, 0.29) is 5.54 Å². The zero-order valence-electron chi connectivity index (χ0n) is 9.39. The van der Waals surface area contributed by atoms with Gasteiger partial charge in [0.1, 0.15) is 0 Å². The highest BCUT2D eigenvalue weighted by atomic mass is 35.5. The van der Waals surface area contributed by atoms with Crippen LogP contribution in [0.2, 0.25) is 5.02 Å². The molecule has 0 aromatic heterocycles. The topological polar surface area (TPSA) is 26.0 Å². The van der Waals surface area contributed by atoms with E-state index in [2.05, 4.69) is 19.1 Å². The molecule has 1 aromatic carbocycles. The van der Waals surface area contributed by atoms with Gasteiger partial charge >= 0.3 is 0 Å². The molecule has 0 aliphatic heterocycles. The molecule has 0 amide bonds. The van der Waals surface area contributed by atoms with Crippen molar-refractivity contribution in [1.29, 1.82) is 0 Å². The van der Waals surface area contributed by atoms with Crippen LogP contribution in [-0.2, 0) is 6.42 Å². The van der Waals surface area contributed by atoms with E-state index in [9.17, 15) is 0 Å². The van der Waals surface area contributed by atoms with Crippen molar-refractivity contribution >= 4 is 11.6 Å². The summed E-state index contributed by atoms with van der Waals surface area (Å²) in [5.74, 6) is 0.647. The number of aryl methyl sites for hydroxylation is 1. The Hall–Kier alpha value is -0.530. The van der Waals surface area contributed by atoms with Crippen molar-refractivity contribution in [2.24, 2.45) is 11.7 Å². The molecule has 1 aromatic rings. The molecule has 0 bridgehead atoms. The van der Waals surface area contributed by atoms with E-state index in [1.165, 1.54) is 12.0 Å². The van der Waals surface area contributed by atoms with E-state index in [4.69, 9.17) is 17.3 Å². The van der Waals surface area contributed by atoms with Crippen LogP contribution in [0.5, 0.6) is 0 Å². The van der Waals surface area contributed by atoms with Gasteiger partial charge in [0.05, 0.1) is 0 Å². The van der Waals surface area contributed by atoms with E-state index < -0.39 is 0 Å². The minimum Gasteiger partial charge on any atom is -0.325 e. The largest absolute Gasteiger partial charge is 0.325 e. The van der Waals surface area contributed by atoms with Crippen LogP contribution in [0.15, 0.2) is 18.2 Å². The van der Waals surface area contributed by atoms with Crippen LogP contribution in [0, 0.1) is 12.8 Å². The lowest BCUT2D eigenvalue weighted by molar-refractivity contribution is 0.144. The molecule has 2 heteroatoms. The zero-order valence-corrected chi connectivity index (χ0v) is 10.1. The average Bonchev–Trinajstić information content (AvgIpc) is 2.21. The first-order valence-electron chi connectivity index (χ1n) is 5.55. The first kappa shape index (κ1) is 11.0. The first-order chi connectivity index (χ1) is 7.01. The molecule has 82 valence electrons. The molecular weight excluding hydrogens is 206 g/mol. The summed E-state index contributed by atoms with van der Waals surface area (Å²) >= 11 is 6.00. The Morgan fingerprint density at radius 3 is 2.73 bits per heavy atom. The molecular formula is C13H18ClN. The van der Waals surface area contributed by atoms with Crippen molar-refractivity contribution in [3.63, 3.8) is 0 Å². The molecule has 0 saturated heterocycles. The van der Waals surface area contributed by atoms with Crippen LogP contribution in [0.25, 0.3) is 0 Å². The van der Waals surface area contributed by atoms with Crippen molar-refractivity contribution in [3.8, 4) is 0 Å². The normalized spacial score (nSPS) is 30.0. The highest BCUT2D eigenvalue weighted by Gasteiger charge is 2.39. The third-order valence-electron chi connectivity index (χ3n) is 3.78. The monoisotopic (exact) mass is 223 g/mol. The molecule has 1 fully saturated rings. The minimum atomic E-state index is 0.0280. The van der Waals surface area contributed by atoms with Gasteiger partial charge in [0.25, 0.3) is 0 Å². The van der Waals surface area contributed by atoms with Crippen LogP contribution in [0.4, 0.5) is 0 Å². The quantitative estimate of drug-likeness (QED) is 0.818. The number of benzene rings is 1. The molecule has 15 heavy (non-hydrogen) atoms. The Morgan fingerprint density at radius 2 is 2.27 bits per heavy atom. The smallest absolute Gasteiger partial charge is 0.0435 e. The van der Waals surface area contributed by atoms with E-state index in [0.29, 0.717) is 5.92 Å². The van der Waals surface area contributed by atoms with Gasteiger partial charge in [0, 0.05) is 10.6 Å². The van der Waals surface area contributed by atoms with Crippen LogP contribution in [0.1, 0.15) is 30.9 Å². The summed E-state index contributed by atoms with van der Waals surface area (Å²) in [5, 5.41) is 0.839. The highest BCUT2D eigenvalue weighted by Crippen LogP contribution is 2.38. The standard InChI is InChI=1S/C13H18ClN/c1-9-7-11(3-4-12(9)14)8-13(15)6-5-10(13)2/h3-4,7,10H,5-6,8,15H2,1-2H3. The van der Waals surface area contributed by atoms with E-state index >= 15 is 0 Å². The maximum Gasteiger partial charge on any atom is 0.0435 e. The maximum absolute atomic E-state index is 6.33. The second-order valence-corrected chi connectivity index (χ2v) is 5.34. The van der Waals surface area contributed by atoms with E-state index in [0.717, 1.165) is 23.4 Å². The summed E-state index contributed by atoms with van der Waals surface area (Å²) in [6.07, 6.45) is 3.39. The first-order valence-corrected chi connectivity index (χ1v) is 5.93. The molecule has 1 nitrogen and oxygen atoms in total. The molecule has 0 heterocycles. The van der Waals surface area contributed by atoms with Crippen molar-refractivity contribution in [2.75, 3.05) is 0 Å². The molecule has 1 aliphatic rings. The van der Waals surface area contributed by atoms with Gasteiger partial charge in [-0.05, 0) is 49.3 Å². The lowest BCUT2D eigenvalue weighted by Gasteiger charge is -2.45. The SMILES string of the molecule is Cc1cc(CC2(N)CCC2C)ccc1Cl. The van der Waals surface area contributed by atoms with E-state index in [1.807, 2.05) is 13.0 Å². The molecule has 1 aliphatic carbocycles. The third kappa shape index (κ3) is 2.04. The van der Waals surface area contributed by atoms with Crippen LogP contribution >= 0.6 is 11.6 Å². The third-order valence-corrected chi connectivity index (χ3v) is 4.20. The van der Waals surface area contributed by atoms with Gasteiger partial charge in [0.15, 0.2) is 0 Å². The number of rotatable bonds is 2. The van der Waals surface area contributed by atoms with Gasteiger partial charge in [-0.1, -0.05) is 30.7 Å². The van der Waals surface area contributed by atoms with Crippen LogP contribution in [0.3, 0.4) is 0 Å². The Bertz CT molecular complexity index is 375. The molecule has 2 N–H and O–H groups in total. The van der Waals surface area contributed by atoms with Crippen LogP contribution < -0.4 is 5.73 Å². The molecule has 2 unspecified atom stereocenters. The molecule has 0 spiro atoms. The fraction of sp³-hybridized carbons (Fsp3) is 0.538.